The molecule has 1 atom stereocenters. The molecule has 1 saturated heterocycles. The maximum Gasteiger partial charge on any atom is 0.220 e. The van der Waals surface area contributed by atoms with Crippen LogP contribution in [0.5, 0.6) is 0 Å². The smallest absolute Gasteiger partial charge is 0.220 e. The standard InChI is InChI=1S/C10H17NO2/c1-7(12)6-8-10(2,3)5-4-9(13)11-8/h8H,4-6H2,1-3H3,(H,11,13). The molecule has 0 bridgehead atoms. The first-order valence-electron chi connectivity index (χ1n) is 4.70. The molecule has 1 aliphatic heterocycles. The summed E-state index contributed by atoms with van der Waals surface area (Å²) in [4.78, 5) is 22.1. The first kappa shape index (κ1) is 10.2. The minimum Gasteiger partial charge on any atom is -0.352 e. The second kappa shape index (κ2) is 3.48. The number of hydrogen-bond donors (Lipinski definition) is 1. The van der Waals surface area contributed by atoms with Crippen molar-refractivity contribution in [3.05, 3.63) is 0 Å². The highest BCUT2D eigenvalue weighted by Crippen LogP contribution is 2.32. The van der Waals surface area contributed by atoms with Crippen molar-refractivity contribution >= 4 is 11.7 Å². The highest BCUT2D eigenvalue weighted by atomic mass is 16.2. The molecule has 1 amide bonds. The van der Waals surface area contributed by atoms with E-state index in [-0.39, 0.29) is 23.1 Å². The monoisotopic (exact) mass is 183 g/mol. The Morgan fingerprint density at radius 3 is 2.77 bits per heavy atom. The number of Topliss-reactive ketones (excluding diaryl/α,β-unsaturated/α-hetero) is 1. The van der Waals surface area contributed by atoms with Gasteiger partial charge < -0.3 is 5.32 Å². The maximum atomic E-state index is 11.1. The van der Waals surface area contributed by atoms with Crippen molar-refractivity contribution in [3.8, 4) is 0 Å². The van der Waals surface area contributed by atoms with Crippen LogP contribution < -0.4 is 5.32 Å². The number of ketones is 1. The van der Waals surface area contributed by atoms with Gasteiger partial charge in [0.15, 0.2) is 0 Å². The third kappa shape index (κ3) is 2.54. The molecule has 0 aromatic heterocycles. The Labute approximate surface area is 78.9 Å². The average Bonchev–Trinajstić information content (AvgIpc) is 1.97. The van der Waals surface area contributed by atoms with Crippen LogP contribution in [0.15, 0.2) is 0 Å². The largest absolute Gasteiger partial charge is 0.352 e. The lowest BCUT2D eigenvalue weighted by atomic mass is 9.75. The van der Waals surface area contributed by atoms with Crippen LogP contribution in [0.4, 0.5) is 0 Å². The first-order valence-corrected chi connectivity index (χ1v) is 4.70. The van der Waals surface area contributed by atoms with Crippen LogP contribution in [-0.2, 0) is 9.59 Å². The summed E-state index contributed by atoms with van der Waals surface area (Å²) < 4.78 is 0. The van der Waals surface area contributed by atoms with Gasteiger partial charge in [0.2, 0.25) is 5.91 Å². The molecule has 0 radical (unpaired) electrons. The number of hydrogen-bond acceptors (Lipinski definition) is 2. The fraction of sp³-hybridized carbons (Fsp3) is 0.800. The molecule has 0 spiro atoms. The first-order chi connectivity index (χ1) is 5.92. The van der Waals surface area contributed by atoms with E-state index in [0.29, 0.717) is 12.8 Å². The Morgan fingerprint density at radius 1 is 1.62 bits per heavy atom. The quantitative estimate of drug-likeness (QED) is 0.700. The molecule has 3 nitrogen and oxygen atoms in total. The van der Waals surface area contributed by atoms with Crippen molar-refractivity contribution in [1.82, 2.24) is 5.32 Å². The molecular weight excluding hydrogens is 166 g/mol. The van der Waals surface area contributed by atoms with E-state index in [0.717, 1.165) is 6.42 Å². The van der Waals surface area contributed by atoms with Crippen molar-refractivity contribution in [3.63, 3.8) is 0 Å². The van der Waals surface area contributed by atoms with Gasteiger partial charge in [0, 0.05) is 18.9 Å². The van der Waals surface area contributed by atoms with Gasteiger partial charge in [-0.2, -0.15) is 0 Å². The Balaban J connectivity index is 2.66. The van der Waals surface area contributed by atoms with Crippen LogP contribution in [0.25, 0.3) is 0 Å². The number of amides is 1. The molecule has 1 N–H and O–H groups in total. The van der Waals surface area contributed by atoms with Crippen LogP contribution in [0.2, 0.25) is 0 Å². The Kier molecular flexibility index (Phi) is 2.74. The minimum atomic E-state index is 0.0197. The number of nitrogens with one attached hydrogen (secondary N) is 1. The van der Waals surface area contributed by atoms with Crippen LogP contribution in [0.3, 0.4) is 0 Å². The highest BCUT2D eigenvalue weighted by Gasteiger charge is 2.35. The van der Waals surface area contributed by atoms with Crippen LogP contribution >= 0.6 is 0 Å². The van der Waals surface area contributed by atoms with Crippen molar-refractivity contribution in [2.45, 2.75) is 46.1 Å². The number of carbonyl (C=O) groups is 2. The molecule has 0 aromatic rings. The predicted molar refractivity (Wildman–Crippen MR) is 50.2 cm³/mol. The molecule has 1 heterocycles. The summed E-state index contributed by atoms with van der Waals surface area (Å²) >= 11 is 0. The van der Waals surface area contributed by atoms with Crippen molar-refractivity contribution in [2.75, 3.05) is 0 Å². The Hall–Kier alpha value is -0.860. The Bertz CT molecular complexity index is 231. The molecule has 1 rings (SSSR count). The van der Waals surface area contributed by atoms with Gasteiger partial charge in [0.05, 0.1) is 0 Å². The molecule has 74 valence electrons. The minimum absolute atomic E-state index is 0.0197. The van der Waals surface area contributed by atoms with Crippen molar-refractivity contribution in [2.24, 2.45) is 5.41 Å². The zero-order chi connectivity index (χ0) is 10.1. The highest BCUT2D eigenvalue weighted by molar-refractivity contribution is 5.80. The van der Waals surface area contributed by atoms with Crippen LogP contribution in [-0.4, -0.2) is 17.7 Å². The van der Waals surface area contributed by atoms with Crippen molar-refractivity contribution < 1.29 is 9.59 Å². The molecule has 3 heteroatoms. The molecule has 13 heavy (non-hydrogen) atoms. The summed E-state index contributed by atoms with van der Waals surface area (Å²) in [5.74, 6) is 0.214. The zero-order valence-corrected chi connectivity index (χ0v) is 8.52. The Morgan fingerprint density at radius 2 is 2.23 bits per heavy atom. The fourth-order valence-corrected chi connectivity index (χ4v) is 1.69. The topological polar surface area (TPSA) is 46.2 Å². The third-order valence-electron chi connectivity index (χ3n) is 2.77. The summed E-state index contributed by atoms with van der Waals surface area (Å²) in [7, 11) is 0. The zero-order valence-electron chi connectivity index (χ0n) is 8.52. The summed E-state index contributed by atoms with van der Waals surface area (Å²) in [6.45, 7) is 5.76. The maximum absolute atomic E-state index is 11.1. The fourth-order valence-electron chi connectivity index (χ4n) is 1.69. The van der Waals surface area contributed by atoms with E-state index < -0.39 is 0 Å². The molecule has 1 fully saturated rings. The number of piperidine rings is 1. The van der Waals surface area contributed by atoms with Crippen LogP contribution in [0.1, 0.15) is 40.0 Å². The van der Waals surface area contributed by atoms with Gasteiger partial charge in [-0.05, 0) is 18.8 Å². The van der Waals surface area contributed by atoms with E-state index in [1.165, 1.54) is 0 Å². The normalized spacial score (nSPS) is 26.7. The molecule has 0 aromatic carbocycles. The average molecular weight is 183 g/mol. The summed E-state index contributed by atoms with van der Waals surface area (Å²) in [6.07, 6.45) is 1.91. The molecule has 0 aliphatic carbocycles. The number of carbonyl (C=O) groups excluding carboxylic acids is 2. The molecule has 1 unspecified atom stereocenters. The summed E-state index contributed by atoms with van der Waals surface area (Å²) in [5.41, 5.74) is 0.0551. The van der Waals surface area contributed by atoms with E-state index in [9.17, 15) is 9.59 Å². The van der Waals surface area contributed by atoms with Crippen LogP contribution in [0, 0.1) is 5.41 Å². The van der Waals surface area contributed by atoms with Gasteiger partial charge in [0.1, 0.15) is 5.78 Å². The van der Waals surface area contributed by atoms with E-state index in [2.05, 4.69) is 19.2 Å². The molecule has 0 saturated carbocycles. The number of rotatable bonds is 2. The van der Waals surface area contributed by atoms with E-state index in [1.54, 1.807) is 6.92 Å². The SMILES string of the molecule is CC(=O)CC1NC(=O)CCC1(C)C. The second-order valence-electron chi connectivity index (χ2n) is 4.51. The summed E-state index contributed by atoms with van der Waals surface area (Å²) in [6, 6.07) is 0.0197. The second-order valence-corrected chi connectivity index (χ2v) is 4.51. The third-order valence-corrected chi connectivity index (χ3v) is 2.77. The summed E-state index contributed by atoms with van der Waals surface area (Å²) in [5, 5.41) is 2.88. The van der Waals surface area contributed by atoms with Gasteiger partial charge in [-0.25, -0.2) is 0 Å². The lowest BCUT2D eigenvalue weighted by molar-refractivity contribution is -0.127. The van der Waals surface area contributed by atoms with E-state index in [4.69, 9.17) is 0 Å². The predicted octanol–water partition coefficient (Wildman–Crippen LogP) is 1.27. The van der Waals surface area contributed by atoms with Gasteiger partial charge in [0.25, 0.3) is 0 Å². The lowest BCUT2D eigenvalue weighted by Crippen LogP contribution is -2.50. The van der Waals surface area contributed by atoms with Gasteiger partial charge in [-0.15, -0.1) is 0 Å². The molecular formula is C10H17NO2. The van der Waals surface area contributed by atoms with E-state index in [1.807, 2.05) is 0 Å². The van der Waals surface area contributed by atoms with E-state index >= 15 is 0 Å². The van der Waals surface area contributed by atoms with Gasteiger partial charge >= 0.3 is 0 Å². The van der Waals surface area contributed by atoms with Crippen molar-refractivity contribution in [1.29, 1.82) is 0 Å². The van der Waals surface area contributed by atoms with Gasteiger partial charge in [-0.3, -0.25) is 9.59 Å². The molecule has 1 aliphatic rings. The lowest BCUT2D eigenvalue weighted by Gasteiger charge is -2.38. The van der Waals surface area contributed by atoms with Gasteiger partial charge in [-0.1, -0.05) is 13.8 Å².